The number of carboxylic acid groups (broad SMARTS) is 1. The van der Waals surface area contributed by atoms with Gasteiger partial charge in [-0.1, -0.05) is 11.6 Å². The van der Waals surface area contributed by atoms with E-state index in [-0.39, 0.29) is 5.91 Å². The quantitative estimate of drug-likeness (QED) is 0.914. The number of pyridine rings is 1. The summed E-state index contributed by atoms with van der Waals surface area (Å²) < 4.78 is 0. The van der Waals surface area contributed by atoms with Gasteiger partial charge in [-0.05, 0) is 37.1 Å². The Labute approximate surface area is 125 Å². The summed E-state index contributed by atoms with van der Waals surface area (Å²) in [6.07, 6.45) is 2.05. The summed E-state index contributed by atoms with van der Waals surface area (Å²) in [7, 11) is 0. The van der Waals surface area contributed by atoms with Crippen molar-refractivity contribution in [3.8, 4) is 0 Å². The molecule has 1 fully saturated rings. The van der Waals surface area contributed by atoms with Gasteiger partial charge in [0.1, 0.15) is 0 Å². The predicted octanol–water partition coefficient (Wildman–Crippen LogP) is 2.86. The highest BCUT2D eigenvalue weighted by Crippen LogP contribution is 2.41. The van der Waals surface area contributed by atoms with Crippen LogP contribution in [0.4, 0.5) is 5.69 Å². The number of amides is 1. The minimum atomic E-state index is -0.934. The maximum Gasteiger partial charge on any atom is 0.307 e. The van der Waals surface area contributed by atoms with Crippen LogP contribution in [-0.2, 0) is 9.59 Å². The normalized spacial score (nSPS) is 20.3. The van der Waals surface area contributed by atoms with Crippen LogP contribution in [0.3, 0.4) is 0 Å². The molecule has 2 atom stereocenters. The van der Waals surface area contributed by atoms with Crippen LogP contribution in [0.5, 0.6) is 0 Å². The van der Waals surface area contributed by atoms with E-state index in [9.17, 15) is 9.59 Å². The molecule has 0 spiro atoms. The number of carbonyl (C=O) groups excluding carboxylic acids is 1. The number of aromatic nitrogens is 1. The Bertz CT molecular complexity index is 760. The van der Waals surface area contributed by atoms with Crippen LogP contribution in [0.2, 0.25) is 5.02 Å². The molecule has 3 rings (SSSR count). The first kappa shape index (κ1) is 13.8. The standard InChI is InChI=1S/C15H13ClN2O3/c1-7-5-11(16)13(8-3-2-4-17-12(7)8)18-14(19)9-6-10(9)15(20)21/h2-5,9-10H,6H2,1H3,(H,18,19)(H,20,21). The third-order valence-corrected chi connectivity index (χ3v) is 4.02. The number of carbonyl (C=O) groups is 2. The topological polar surface area (TPSA) is 79.3 Å². The minimum Gasteiger partial charge on any atom is -0.481 e. The average Bonchev–Trinajstić information content (AvgIpc) is 3.24. The highest BCUT2D eigenvalue weighted by molar-refractivity contribution is 6.35. The number of nitrogens with zero attached hydrogens (tertiary/aromatic N) is 1. The van der Waals surface area contributed by atoms with E-state index in [1.165, 1.54) is 0 Å². The lowest BCUT2D eigenvalue weighted by atomic mass is 10.1. The van der Waals surface area contributed by atoms with Gasteiger partial charge in [0.25, 0.3) is 0 Å². The monoisotopic (exact) mass is 304 g/mol. The Morgan fingerprint density at radius 3 is 2.86 bits per heavy atom. The molecule has 1 aromatic carbocycles. The predicted molar refractivity (Wildman–Crippen MR) is 79.4 cm³/mol. The molecule has 1 aliphatic rings. The van der Waals surface area contributed by atoms with E-state index in [1.54, 1.807) is 18.3 Å². The minimum absolute atomic E-state index is 0.307. The molecule has 1 aliphatic carbocycles. The van der Waals surface area contributed by atoms with Crippen LogP contribution in [-0.4, -0.2) is 22.0 Å². The van der Waals surface area contributed by atoms with E-state index < -0.39 is 17.8 Å². The smallest absolute Gasteiger partial charge is 0.307 e. The molecule has 0 saturated heterocycles. The molecule has 2 N–H and O–H groups in total. The van der Waals surface area contributed by atoms with Crippen molar-refractivity contribution in [2.45, 2.75) is 13.3 Å². The number of carboxylic acids is 1. The molecular formula is C15H13ClN2O3. The van der Waals surface area contributed by atoms with Crippen molar-refractivity contribution >= 4 is 40.1 Å². The zero-order valence-electron chi connectivity index (χ0n) is 11.3. The van der Waals surface area contributed by atoms with Crippen molar-refractivity contribution in [2.24, 2.45) is 11.8 Å². The maximum absolute atomic E-state index is 12.1. The van der Waals surface area contributed by atoms with Crippen LogP contribution >= 0.6 is 11.6 Å². The van der Waals surface area contributed by atoms with E-state index in [1.807, 2.05) is 13.0 Å². The van der Waals surface area contributed by atoms with Crippen molar-refractivity contribution in [1.82, 2.24) is 4.98 Å². The number of rotatable bonds is 3. The summed E-state index contributed by atoms with van der Waals surface area (Å²) in [5, 5.41) is 12.8. The highest BCUT2D eigenvalue weighted by atomic mass is 35.5. The number of aryl methyl sites for hydroxylation is 1. The first-order valence-corrected chi connectivity index (χ1v) is 6.94. The van der Waals surface area contributed by atoms with Crippen LogP contribution in [0.1, 0.15) is 12.0 Å². The lowest BCUT2D eigenvalue weighted by molar-refractivity contribution is -0.139. The van der Waals surface area contributed by atoms with Gasteiger partial charge in [0, 0.05) is 11.6 Å². The van der Waals surface area contributed by atoms with E-state index in [4.69, 9.17) is 16.7 Å². The number of hydrogen-bond acceptors (Lipinski definition) is 3. The average molecular weight is 305 g/mol. The fourth-order valence-corrected chi connectivity index (χ4v) is 2.79. The van der Waals surface area contributed by atoms with Gasteiger partial charge in [-0.25, -0.2) is 0 Å². The van der Waals surface area contributed by atoms with E-state index >= 15 is 0 Å². The molecule has 1 heterocycles. The molecule has 0 radical (unpaired) electrons. The molecule has 21 heavy (non-hydrogen) atoms. The summed E-state index contributed by atoms with van der Waals surface area (Å²) in [5.74, 6) is -2.31. The van der Waals surface area contributed by atoms with Crippen molar-refractivity contribution < 1.29 is 14.7 Å². The molecule has 0 bridgehead atoms. The second kappa shape index (κ2) is 5.00. The van der Waals surface area contributed by atoms with Gasteiger partial charge in [-0.2, -0.15) is 0 Å². The van der Waals surface area contributed by atoms with Gasteiger partial charge in [-0.3, -0.25) is 14.6 Å². The van der Waals surface area contributed by atoms with Gasteiger partial charge >= 0.3 is 5.97 Å². The summed E-state index contributed by atoms with van der Waals surface area (Å²) in [6.45, 7) is 1.90. The van der Waals surface area contributed by atoms with Gasteiger partial charge in [0.15, 0.2) is 0 Å². The lowest BCUT2D eigenvalue weighted by Crippen LogP contribution is -2.17. The van der Waals surface area contributed by atoms with E-state index in [0.29, 0.717) is 17.1 Å². The first-order chi connectivity index (χ1) is 9.99. The molecule has 108 valence electrons. The Morgan fingerprint density at radius 1 is 1.43 bits per heavy atom. The SMILES string of the molecule is Cc1cc(Cl)c(NC(=O)C2CC2C(=O)O)c2cccnc12. The van der Waals surface area contributed by atoms with Crippen molar-refractivity contribution in [2.75, 3.05) is 5.32 Å². The van der Waals surface area contributed by atoms with Crippen LogP contribution < -0.4 is 5.32 Å². The van der Waals surface area contributed by atoms with Crippen LogP contribution in [0.25, 0.3) is 10.9 Å². The van der Waals surface area contributed by atoms with Gasteiger partial charge in [-0.15, -0.1) is 0 Å². The number of fused-ring (bicyclic) bond motifs is 1. The van der Waals surface area contributed by atoms with Crippen molar-refractivity contribution in [3.05, 3.63) is 35.0 Å². The molecule has 0 aliphatic heterocycles. The largest absolute Gasteiger partial charge is 0.481 e. The summed E-state index contributed by atoms with van der Waals surface area (Å²) >= 11 is 6.22. The van der Waals surface area contributed by atoms with Gasteiger partial charge in [0.2, 0.25) is 5.91 Å². The molecule has 1 aromatic heterocycles. The van der Waals surface area contributed by atoms with Gasteiger partial charge in [0.05, 0.1) is 28.1 Å². The molecular weight excluding hydrogens is 292 g/mol. The van der Waals surface area contributed by atoms with Crippen LogP contribution in [0, 0.1) is 18.8 Å². The molecule has 1 amide bonds. The zero-order valence-corrected chi connectivity index (χ0v) is 12.0. The number of aliphatic carboxylic acids is 1. The molecule has 1 saturated carbocycles. The highest BCUT2D eigenvalue weighted by Gasteiger charge is 2.48. The fraction of sp³-hybridized carbons (Fsp3) is 0.267. The van der Waals surface area contributed by atoms with E-state index in [0.717, 1.165) is 16.5 Å². The Balaban J connectivity index is 1.94. The molecule has 6 heteroatoms. The van der Waals surface area contributed by atoms with E-state index in [2.05, 4.69) is 10.3 Å². The zero-order chi connectivity index (χ0) is 15.1. The number of halogens is 1. The molecule has 5 nitrogen and oxygen atoms in total. The second-order valence-corrected chi connectivity index (χ2v) is 5.63. The fourth-order valence-electron chi connectivity index (χ4n) is 2.48. The summed E-state index contributed by atoms with van der Waals surface area (Å²) in [4.78, 5) is 27.2. The number of benzene rings is 1. The molecule has 2 unspecified atom stereocenters. The van der Waals surface area contributed by atoms with Crippen molar-refractivity contribution in [3.63, 3.8) is 0 Å². The Kier molecular flexibility index (Phi) is 3.29. The lowest BCUT2D eigenvalue weighted by Gasteiger charge is -2.12. The number of nitrogens with one attached hydrogen (secondary N) is 1. The second-order valence-electron chi connectivity index (χ2n) is 5.23. The van der Waals surface area contributed by atoms with Gasteiger partial charge < -0.3 is 10.4 Å². The number of anilines is 1. The third kappa shape index (κ3) is 2.45. The Morgan fingerprint density at radius 2 is 2.19 bits per heavy atom. The summed E-state index contributed by atoms with van der Waals surface area (Å²) in [5.41, 5.74) is 2.18. The van der Waals surface area contributed by atoms with Crippen LogP contribution in [0.15, 0.2) is 24.4 Å². The maximum atomic E-state index is 12.1. The molecule has 2 aromatic rings. The number of hydrogen-bond donors (Lipinski definition) is 2. The summed E-state index contributed by atoms with van der Waals surface area (Å²) in [6, 6.07) is 5.34. The van der Waals surface area contributed by atoms with Crippen molar-refractivity contribution in [1.29, 1.82) is 0 Å². The Hall–Kier alpha value is -2.14. The third-order valence-electron chi connectivity index (χ3n) is 3.73. The first-order valence-electron chi connectivity index (χ1n) is 6.56.